The number of benzene rings is 2. The molecular weight excluding hydrogens is 495 g/mol. The normalized spacial score (nSPS) is 10.8. The summed E-state index contributed by atoms with van der Waals surface area (Å²) in [6.45, 7) is 11.2. The van der Waals surface area contributed by atoms with Crippen molar-refractivity contribution in [1.29, 1.82) is 0 Å². The van der Waals surface area contributed by atoms with E-state index in [1.54, 1.807) is 0 Å². The van der Waals surface area contributed by atoms with Crippen molar-refractivity contribution in [3.63, 3.8) is 0 Å². The fraction of sp³-hybridized carbons (Fsp3) is 0.625. The highest BCUT2D eigenvalue weighted by molar-refractivity contribution is 7.62. The molecule has 38 heavy (non-hydrogen) atoms. The Labute approximate surface area is 232 Å². The second-order valence-corrected chi connectivity index (χ2v) is 11.3. The van der Waals surface area contributed by atoms with Crippen molar-refractivity contribution < 1.29 is 23.5 Å². The number of ether oxygens (including phenoxy) is 4. The van der Waals surface area contributed by atoms with Crippen LogP contribution < -0.4 is 29.6 Å². The van der Waals surface area contributed by atoms with Crippen molar-refractivity contribution in [1.82, 2.24) is 0 Å². The lowest BCUT2D eigenvalue weighted by Crippen LogP contribution is -2.15. The molecule has 0 saturated carbocycles. The Bertz CT molecular complexity index is 857. The summed E-state index contributed by atoms with van der Waals surface area (Å²) in [5.41, 5.74) is 0. The van der Waals surface area contributed by atoms with Crippen LogP contribution in [0, 0.1) is 0 Å². The maximum atomic E-state index is 14.0. The van der Waals surface area contributed by atoms with Crippen LogP contribution in [0.25, 0.3) is 0 Å². The van der Waals surface area contributed by atoms with Gasteiger partial charge in [0.2, 0.25) is 0 Å². The summed E-state index contributed by atoms with van der Waals surface area (Å²) >= 11 is 0. The topological polar surface area (TPSA) is 54.0 Å². The van der Waals surface area contributed by atoms with Crippen molar-refractivity contribution in [3.8, 4) is 23.0 Å². The highest BCUT2D eigenvalue weighted by Crippen LogP contribution is 2.34. The van der Waals surface area contributed by atoms with E-state index in [4.69, 9.17) is 18.9 Å². The number of hydrogen-bond donors (Lipinski definition) is 0. The van der Waals surface area contributed by atoms with Crippen molar-refractivity contribution in [2.45, 2.75) is 105 Å². The molecule has 0 heterocycles. The van der Waals surface area contributed by atoms with Gasteiger partial charge in [-0.15, -0.1) is 0 Å². The van der Waals surface area contributed by atoms with Crippen molar-refractivity contribution in [2.24, 2.45) is 0 Å². The lowest BCUT2D eigenvalue weighted by molar-refractivity contribution is 0.292. The summed E-state index contributed by atoms with van der Waals surface area (Å²) in [5, 5.41) is 1.35. The first-order chi connectivity index (χ1) is 18.6. The summed E-state index contributed by atoms with van der Waals surface area (Å²) in [5.74, 6) is 2.77. The minimum absolute atomic E-state index is 0.591. The molecule has 0 aliphatic heterocycles. The molecule has 2 aromatic carbocycles. The first kappa shape index (κ1) is 32.0. The van der Waals surface area contributed by atoms with Gasteiger partial charge in [0.25, 0.3) is 0 Å². The molecular formula is C32H50O5P. The lowest BCUT2D eigenvalue weighted by atomic mass is 10.2. The molecule has 2 aromatic rings. The van der Waals surface area contributed by atoms with Crippen molar-refractivity contribution >= 4 is 18.4 Å². The van der Waals surface area contributed by atoms with Crippen LogP contribution in [0.3, 0.4) is 0 Å². The smallest absolute Gasteiger partial charge is 0.144 e. The van der Waals surface area contributed by atoms with E-state index in [-0.39, 0.29) is 0 Å². The third-order valence-electron chi connectivity index (χ3n) is 6.34. The molecule has 0 saturated heterocycles. The van der Waals surface area contributed by atoms with E-state index >= 15 is 0 Å². The molecule has 0 fully saturated rings. The van der Waals surface area contributed by atoms with Gasteiger partial charge in [0, 0.05) is 12.1 Å². The number of rotatable bonds is 22. The zero-order valence-corrected chi connectivity index (χ0v) is 25.2. The zero-order valence-electron chi connectivity index (χ0n) is 24.3. The van der Waals surface area contributed by atoms with Crippen LogP contribution in [0.1, 0.15) is 105 Å². The van der Waals surface area contributed by atoms with Gasteiger partial charge in [-0.1, -0.05) is 79.1 Å². The molecule has 1 radical (unpaired) electrons. The second kappa shape index (κ2) is 19.8. The molecule has 213 valence electrons. The van der Waals surface area contributed by atoms with Gasteiger partial charge < -0.3 is 18.9 Å². The maximum absolute atomic E-state index is 14.0. The number of hydrogen-bond acceptors (Lipinski definition) is 5. The Morgan fingerprint density at radius 3 is 1.18 bits per heavy atom. The van der Waals surface area contributed by atoms with Crippen molar-refractivity contribution in [3.05, 3.63) is 36.4 Å². The molecule has 0 aliphatic rings. The highest BCUT2D eigenvalue weighted by atomic mass is 31.1. The fourth-order valence-corrected chi connectivity index (χ4v) is 5.36. The SMILES string of the molecule is CCCCCOc1ccc([P](=O)c2ccc(OCCCCC)cc2OCCCCC)c(OCCCCC)c1. The van der Waals surface area contributed by atoms with Crippen molar-refractivity contribution in [2.75, 3.05) is 26.4 Å². The van der Waals surface area contributed by atoms with Crippen LogP contribution in [-0.2, 0) is 4.57 Å². The quantitative estimate of drug-likeness (QED) is 0.109. The molecule has 0 bridgehead atoms. The van der Waals surface area contributed by atoms with Crippen LogP contribution in [0.15, 0.2) is 36.4 Å². The molecule has 0 amide bonds. The zero-order chi connectivity index (χ0) is 27.4. The summed E-state index contributed by atoms with van der Waals surface area (Å²) in [4.78, 5) is 0. The van der Waals surface area contributed by atoms with Gasteiger partial charge in [-0.2, -0.15) is 0 Å². The Morgan fingerprint density at radius 1 is 0.500 bits per heavy atom. The Hall–Kier alpha value is -2.26. The van der Waals surface area contributed by atoms with Gasteiger partial charge >= 0.3 is 0 Å². The van der Waals surface area contributed by atoms with Crippen LogP contribution in [-0.4, -0.2) is 26.4 Å². The molecule has 6 heteroatoms. The minimum Gasteiger partial charge on any atom is -0.493 e. The van der Waals surface area contributed by atoms with E-state index in [1.165, 1.54) is 0 Å². The van der Waals surface area contributed by atoms with Crippen LogP contribution in [0.2, 0.25) is 0 Å². The van der Waals surface area contributed by atoms with Gasteiger partial charge in [-0.3, -0.25) is 4.57 Å². The molecule has 0 aromatic heterocycles. The van der Waals surface area contributed by atoms with Gasteiger partial charge in [-0.05, 0) is 49.9 Å². The molecule has 5 nitrogen and oxygen atoms in total. The molecule has 0 aliphatic carbocycles. The standard InChI is InChI=1S/C32H50O5P/c1-5-9-13-21-34-27-17-19-31(29(25-27)36-23-15-11-7-3)38(33)32-20-18-28(35-22-14-10-6-2)26-30(32)37-24-16-12-8-4/h17-20,25-26H,5-16,21-24H2,1-4H3. The Kier molecular flexibility index (Phi) is 16.6. The monoisotopic (exact) mass is 545 g/mol. The van der Waals surface area contributed by atoms with E-state index in [9.17, 15) is 4.57 Å². The van der Waals surface area contributed by atoms with Gasteiger partial charge in [0.05, 0.1) is 37.0 Å². The average molecular weight is 546 g/mol. The van der Waals surface area contributed by atoms with Gasteiger partial charge in [0.15, 0.2) is 0 Å². The summed E-state index contributed by atoms with van der Waals surface area (Å²) in [6, 6.07) is 11.4. The summed E-state index contributed by atoms with van der Waals surface area (Å²) in [7, 11) is -1.93. The minimum atomic E-state index is -1.93. The molecule has 2 rings (SSSR count). The first-order valence-electron chi connectivity index (χ1n) is 14.9. The van der Waals surface area contributed by atoms with E-state index < -0.39 is 7.80 Å². The van der Waals surface area contributed by atoms with E-state index in [0.717, 1.165) is 88.5 Å². The predicted octanol–water partition coefficient (Wildman–Crippen LogP) is 8.74. The van der Waals surface area contributed by atoms with E-state index in [0.29, 0.717) is 48.5 Å². The largest absolute Gasteiger partial charge is 0.493 e. The van der Waals surface area contributed by atoms with Gasteiger partial charge in [-0.25, -0.2) is 0 Å². The number of unbranched alkanes of at least 4 members (excludes halogenated alkanes) is 8. The average Bonchev–Trinajstić information content (AvgIpc) is 2.94. The van der Waals surface area contributed by atoms with Gasteiger partial charge in [0.1, 0.15) is 30.8 Å². The van der Waals surface area contributed by atoms with Crippen LogP contribution in [0.5, 0.6) is 23.0 Å². The Balaban J connectivity index is 2.29. The summed E-state index contributed by atoms with van der Waals surface area (Å²) in [6.07, 6.45) is 13.0. The summed E-state index contributed by atoms with van der Waals surface area (Å²) < 4.78 is 38.3. The predicted molar refractivity (Wildman–Crippen MR) is 160 cm³/mol. The second-order valence-electron chi connectivity index (χ2n) is 9.78. The first-order valence-corrected chi connectivity index (χ1v) is 16.2. The van der Waals surface area contributed by atoms with Crippen LogP contribution in [0.4, 0.5) is 0 Å². The highest BCUT2D eigenvalue weighted by Gasteiger charge is 2.20. The Morgan fingerprint density at radius 2 is 0.842 bits per heavy atom. The molecule has 0 atom stereocenters. The third kappa shape index (κ3) is 11.6. The molecule has 0 N–H and O–H groups in total. The fourth-order valence-electron chi connectivity index (χ4n) is 4.02. The molecule has 0 unspecified atom stereocenters. The van der Waals surface area contributed by atoms with E-state index in [1.807, 2.05) is 36.4 Å². The third-order valence-corrected chi connectivity index (χ3v) is 7.96. The maximum Gasteiger partial charge on any atom is 0.144 e. The molecule has 0 spiro atoms. The van der Waals surface area contributed by atoms with E-state index in [2.05, 4.69) is 27.7 Å². The lowest BCUT2D eigenvalue weighted by Gasteiger charge is -2.16. The van der Waals surface area contributed by atoms with Crippen LogP contribution >= 0.6 is 7.80 Å².